The van der Waals surface area contributed by atoms with Crippen LogP contribution in [0.2, 0.25) is 0 Å². The van der Waals surface area contributed by atoms with E-state index in [1.165, 1.54) is 0 Å². The van der Waals surface area contributed by atoms with Crippen molar-refractivity contribution in [1.82, 2.24) is 0 Å². The van der Waals surface area contributed by atoms with Crippen molar-refractivity contribution in [2.45, 2.75) is 0 Å². The maximum atomic E-state index is 7.17. The van der Waals surface area contributed by atoms with E-state index >= 15 is 0 Å². The molecule has 0 atom stereocenters. The van der Waals surface area contributed by atoms with Crippen molar-refractivity contribution < 1.29 is 86.5 Å². The van der Waals surface area contributed by atoms with E-state index in [0.717, 1.165) is 0 Å². The molecule has 12 N–H and O–H groups in total. The van der Waals surface area contributed by atoms with Gasteiger partial charge in [-0.15, -0.1) is 0 Å². The third-order valence-corrected chi connectivity index (χ3v) is 0. The monoisotopic (exact) mass is 338 g/mol. The van der Waals surface area contributed by atoms with Gasteiger partial charge in [-0.2, -0.15) is 0 Å². The summed E-state index contributed by atoms with van der Waals surface area (Å²) in [6.45, 7) is 0. The molecule has 0 fully saturated rings. The van der Waals surface area contributed by atoms with Crippen LogP contribution in [0.15, 0.2) is 0 Å². The molecule has 0 aromatic rings. The molecule has 0 aliphatic heterocycles. The van der Waals surface area contributed by atoms with E-state index in [2.05, 4.69) is 0 Å². The summed E-state index contributed by atoms with van der Waals surface area (Å²) in [5, 5.41) is 86.0. The SMILES string of the molecule is OB(O)O.OB(O)O.OB(O)O.OB(O)O.[Zr]. The summed E-state index contributed by atoms with van der Waals surface area (Å²) in [5.41, 5.74) is 0. The van der Waals surface area contributed by atoms with Gasteiger partial charge in [0.25, 0.3) is 0 Å². The molecule has 0 heterocycles. The fourth-order valence-corrected chi connectivity index (χ4v) is 0. The molecule has 0 aliphatic carbocycles. The summed E-state index contributed by atoms with van der Waals surface area (Å²) in [4.78, 5) is 0. The van der Waals surface area contributed by atoms with Crippen molar-refractivity contribution in [3.8, 4) is 0 Å². The van der Waals surface area contributed by atoms with Crippen LogP contribution >= 0.6 is 0 Å². The molecule has 0 unspecified atom stereocenters. The zero-order valence-electron chi connectivity index (χ0n) is 8.18. The van der Waals surface area contributed by atoms with E-state index in [1.54, 1.807) is 0 Å². The minimum atomic E-state index is -2.17. The van der Waals surface area contributed by atoms with Gasteiger partial charge >= 0.3 is 29.3 Å². The molecule has 100 valence electrons. The average molecular weight is 339 g/mol. The normalized spacial score (nSPS) is 6.35. The summed E-state index contributed by atoms with van der Waals surface area (Å²) in [5.74, 6) is 0. The predicted molar refractivity (Wildman–Crippen MR) is 49.6 cm³/mol. The van der Waals surface area contributed by atoms with E-state index in [4.69, 9.17) is 60.3 Å². The molecule has 17 heavy (non-hydrogen) atoms. The largest absolute Gasteiger partial charge is 0.631 e. The maximum Gasteiger partial charge on any atom is 0.631 e. The Morgan fingerprint density at radius 1 is 0.294 bits per heavy atom. The topological polar surface area (TPSA) is 243 Å². The average Bonchev–Trinajstić information content (AvgIpc) is 1.76. The van der Waals surface area contributed by atoms with Crippen molar-refractivity contribution in [1.29, 1.82) is 0 Å². The molecule has 0 aliphatic rings. The Kier molecular flexibility index (Phi) is 45.9. The van der Waals surface area contributed by atoms with Crippen LogP contribution in [0.5, 0.6) is 0 Å². The van der Waals surface area contributed by atoms with Crippen LogP contribution < -0.4 is 0 Å². The molecule has 0 saturated carbocycles. The molecule has 0 radical (unpaired) electrons. The second-order valence-electron chi connectivity index (χ2n) is 1.39. The standard InChI is InChI=1S/4BH3O3.Zr/c4*2-1(3)4;/h4*2-4H;. The minimum absolute atomic E-state index is 0. The van der Waals surface area contributed by atoms with E-state index in [9.17, 15) is 0 Å². The number of hydrogen-bond acceptors (Lipinski definition) is 12. The zero-order valence-corrected chi connectivity index (χ0v) is 10.6. The molecule has 0 rings (SSSR count). The summed E-state index contributed by atoms with van der Waals surface area (Å²) in [6, 6.07) is 0. The summed E-state index contributed by atoms with van der Waals surface area (Å²) in [6.07, 6.45) is 0. The van der Waals surface area contributed by atoms with Crippen molar-refractivity contribution in [3.63, 3.8) is 0 Å². The summed E-state index contributed by atoms with van der Waals surface area (Å²) >= 11 is 0. The van der Waals surface area contributed by atoms with Gasteiger partial charge in [-0.25, -0.2) is 0 Å². The molecule has 0 saturated heterocycles. The molecule has 12 nitrogen and oxygen atoms in total. The molecule has 17 heteroatoms. The third-order valence-electron chi connectivity index (χ3n) is 0. The van der Waals surface area contributed by atoms with Crippen molar-refractivity contribution in [3.05, 3.63) is 0 Å². The number of hydrogen-bond donors (Lipinski definition) is 12. The van der Waals surface area contributed by atoms with Crippen LogP contribution in [0.1, 0.15) is 0 Å². The first-order valence-corrected chi connectivity index (χ1v) is 3.10. The van der Waals surface area contributed by atoms with Gasteiger partial charge in [0.05, 0.1) is 0 Å². The second-order valence-corrected chi connectivity index (χ2v) is 1.39. The van der Waals surface area contributed by atoms with E-state index in [-0.39, 0.29) is 26.2 Å². The van der Waals surface area contributed by atoms with Gasteiger partial charge in [0.1, 0.15) is 0 Å². The second kappa shape index (κ2) is 25.5. The molecular weight excluding hydrogens is 326 g/mol. The first kappa shape index (κ1) is 30.6. The zero-order chi connectivity index (χ0) is 14.3. The van der Waals surface area contributed by atoms with Crippen LogP contribution in [-0.4, -0.2) is 89.6 Å². The van der Waals surface area contributed by atoms with Crippen LogP contribution in [0.25, 0.3) is 0 Å². The van der Waals surface area contributed by atoms with Crippen LogP contribution in [0.3, 0.4) is 0 Å². The minimum Gasteiger partial charge on any atom is -0.402 e. The van der Waals surface area contributed by atoms with Gasteiger partial charge in [-0.1, -0.05) is 0 Å². The first-order valence-electron chi connectivity index (χ1n) is 3.10. The Morgan fingerprint density at radius 3 is 0.294 bits per heavy atom. The van der Waals surface area contributed by atoms with Crippen molar-refractivity contribution >= 4 is 29.3 Å². The Bertz CT molecular complexity index is 61.5. The molecule has 0 amide bonds. The summed E-state index contributed by atoms with van der Waals surface area (Å²) < 4.78 is 0. The fourth-order valence-electron chi connectivity index (χ4n) is 0. The van der Waals surface area contributed by atoms with Gasteiger partial charge in [0.15, 0.2) is 0 Å². The van der Waals surface area contributed by atoms with Crippen molar-refractivity contribution in [2.24, 2.45) is 0 Å². The first-order chi connectivity index (χ1) is 6.93. The molecular formula is H12B4O12Zr. The van der Waals surface area contributed by atoms with Gasteiger partial charge in [-0.3, -0.25) is 0 Å². The Balaban J connectivity index is -0.0000000369. The molecule has 0 spiro atoms. The molecule has 0 aromatic carbocycles. The predicted octanol–water partition coefficient (Wildman–Crippen LogP) is -8.21. The van der Waals surface area contributed by atoms with Crippen LogP contribution in [0, 0.1) is 0 Å². The van der Waals surface area contributed by atoms with E-state index in [0.29, 0.717) is 0 Å². The third kappa shape index (κ3) is 8150. The van der Waals surface area contributed by atoms with Gasteiger partial charge < -0.3 is 60.3 Å². The van der Waals surface area contributed by atoms with Gasteiger partial charge in [0, 0.05) is 26.2 Å². The smallest absolute Gasteiger partial charge is 0.402 e. The van der Waals surface area contributed by atoms with E-state index in [1.807, 2.05) is 0 Å². The Morgan fingerprint density at radius 2 is 0.294 bits per heavy atom. The fraction of sp³-hybridized carbons (Fsp3) is 0. The maximum absolute atomic E-state index is 7.17. The van der Waals surface area contributed by atoms with Gasteiger partial charge in [0.2, 0.25) is 0 Å². The quantitative estimate of drug-likeness (QED) is 0.184. The summed E-state index contributed by atoms with van der Waals surface area (Å²) in [7, 11) is -8.67. The molecule has 0 bridgehead atoms. The van der Waals surface area contributed by atoms with Crippen LogP contribution in [0.4, 0.5) is 0 Å². The van der Waals surface area contributed by atoms with Gasteiger partial charge in [-0.05, 0) is 0 Å². The van der Waals surface area contributed by atoms with Crippen molar-refractivity contribution in [2.75, 3.05) is 0 Å². The Hall–Kier alpha value is 0.663. The Labute approximate surface area is 116 Å². The number of rotatable bonds is 0. The van der Waals surface area contributed by atoms with E-state index < -0.39 is 29.3 Å². The van der Waals surface area contributed by atoms with Crippen LogP contribution in [-0.2, 0) is 26.2 Å². The molecule has 0 aromatic heterocycles.